The van der Waals surface area contributed by atoms with Crippen LogP contribution in [0.5, 0.6) is 0 Å². The number of carbonyl (C=O) groups is 1. The van der Waals surface area contributed by atoms with Crippen molar-refractivity contribution in [3.05, 3.63) is 22.9 Å². The molecular formula is C10H13NO. The van der Waals surface area contributed by atoms with Gasteiger partial charge in [0, 0.05) is 5.70 Å². The molecule has 0 saturated heterocycles. The van der Waals surface area contributed by atoms with Gasteiger partial charge in [-0.25, -0.2) is 0 Å². The van der Waals surface area contributed by atoms with E-state index in [4.69, 9.17) is 0 Å². The molecule has 1 heterocycles. The lowest BCUT2D eigenvalue weighted by atomic mass is 9.90. The van der Waals surface area contributed by atoms with Gasteiger partial charge in [-0.05, 0) is 30.4 Å². The average Bonchev–Trinajstić information content (AvgIpc) is 2.29. The number of amides is 1. The molecule has 0 spiro atoms. The third kappa shape index (κ3) is 1.07. The molecule has 1 unspecified atom stereocenters. The quantitative estimate of drug-likeness (QED) is 0.579. The molecule has 2 rings (SSSR count). The van der Waals surface area contributed by atoms with Crippen molar-refractivity contribution in [2.24, 2.45) is 5.92 Å². The van der Waals surface area contributed by atoms with Crippen LogP contribution in [0.3, 0.4) is 0 Å². The lowest BCUT2D eigenvalue weighted by Gasteiger charge is -2.17. The Morgan fingerprint density at radius 2 is 2.33 bits per heavy atom. The first-order chi connectivity index (χ1) is 5.66. The SMILES string of the molecule is CC1=CC(C)CC2=C1NC(=O)C2. The average molecular weight is 163 g/mol. The van der Waals surface area contributed by atoms with E-state index in [1.807, 2.05) is 0 Å². The van der Waals surface area contributed by atoms with E-state index in [0.29, 0.717) is 12.3 Å². The van der Waals surface area contributed by atoms with Crippen LogP contribution in [-0.4, -0.2) is 5.91 Å². The molecule has 0 saturated carbocycles. The maximum absolute atomic E-state index is 11.1. The number of rotatable bonds is 0. The molecule has 1 aliphatic carbocycles. The van der Waals surface area contributed by atoms with Gasteiger partial charge in [-0.15, -0.1) is 0 Å². The summed E-state index contributed by atoms with van der Waals surface area (Å²) in [4.78, 5) is 11.1. The summed E-state index contributed by atoms with van der Waals surface area (Å²) in [6.07, 6.45) is 3.89. The second-order valence-corrected chi connectivity index (χ2v) is 3.73. The molecule has 0 aromatic heterocycles. The highest BCUT2D eigenvalue weighted by molar-refractivity contribution is 5.85. The van der Waals surface area contributed by atoms with E-state index in [9.17, 15) is 4.79 Å². The van der Waals surface area contributed by atoms with Crippen LogP contribution in [0.4, 0.5) is 0 Å². The van der Waals surface area contributed by atoms with E-state index >= 15 is 0 Å². The topological polar surface area (TPSA) is 29.1 Å². The third-order valence-electron chi connectivity index (χ3n) is 2.49. The number of hydrogen-bond acceptors (Lipinski definition) is 1. The summed E-state index contributed by atoms with van der Waals surface area (Å²) < 4.78 is 0. The van der Waals surface area contributed by atoms with Gasteiger partial charge in [0.2, 0.25) is 5.91 Å². The lowest BCUT2D eigenvalue weighted by molar-refractivity contribution is -0.118. The molecule has 0 fully saturated rings. The molecule has 1 atom stereocenters. The van der Waals surface area contributed by atoms with Crippen LogP contribution < -0.4 is 5.32 Å². The van der Waals surface area contributed by atoms with Crippen LogP contribution in [0.2, 0.25) is 0 Å². The van der Waals surface area contributed by atoms with Crippen molar-refractivity contribution >= 4 is 5.91 Å². The summed E-state index contributed by atoms with van der Waals surface area (Å²) in [7, 11) is 0. The Morgan fingerprint density at radius 1 is 1.58 bits per heavy atom. The molecule has 2 nitrogen and oxygen atoms in total. The van der Waals surface area contributed by atoms with Gasteiger partial charge in [-0.3, -0.25) is 4.79 Å². The molecular weight excluding hydrogens is 150 g/mol. The largest absolute Gasteiger partial charge is 0.326 e. The van der Waals surface area contributed by atoms with Crippen LogP contribution in [0.15, 0.2) is 22.9 Å². The highest BCUT2D eigenvalue weighted by atomic mass is 16.1. The maximum atomic E-state index is 11.1. The predicted octanol–water partition coefficient (Wildman–Crippen LogP) is 1.75. The van der Waals surface area contributed by atoms with E-state index in [2.05, 4.69) is 25.2 Å². The fraction of sp³-hybridized carbons (Fsp3) is 0.500. The van der Waals surface area contributed by atoms with Gasteiger partial charge in [0.1, 0.15) is 0 Å². The van der Waals surface area contributed by atoms with Crippen LogP contribution in [-0.2, 0) is 4.79 Å². The third-order valence-corrected chi connectivity index (χ3v) is 2.49. The highest BCUT2D eigenvalue weighted by Crippen LogP contribution is 2.32. The summed E-state index contributed by atoms with van der Waals surface area (Å²) in [6, 6.07) is 0. The first-order valence-electron chi connectivity index (χ1n) is 4.37. The normalized spacial score (nSPS) is 28.3. The van der Waals surface area contributed by atoms with Crippen molar-refractivity contribution in [3.63, 3.8) is 0 Å². The highest BCUT2D eigenvalue weighted by Gasteiger charge is 2.25. The smallest absolute Gasteiger partial charge is 0.228 e. The minimum absolute atomic E-state index is 0.154. The van der Waals surface area contributed by atoms with Crippen LogP contribution >= 0.6 is 0 Å². The Morgan fingerprint density at radius 3 is 3.08 bits per heavy atom. The Bertz CT molecular complexity index is 299. The van der Waals surface area contributed by atoms with Gasteiger partial charge < -0.3 is 5.32 Å². The summed E-state index contributed by atoms with van der Waals surface area (Å²) >= 11 is 0. The van der Waals surface area contributed by atoms with Gasteiger partial charge in [0.25, 0.3) is 0 Å². The van der Waals surface area contributed by atoms with E-state index in [-0.39, 0.29) is 5.91 Å². The van der Waals surface area contributed by atoms with Crippen LogP contribution in [0.1, 0.15) is 26.7 Å². The lowest BCUT2D eigenvalue weighted by Crippen LogP contribution is -2.16. The molecule has 0 aromatic carbocycles. The Hall–Kier alpha value is -1.05. The summed E-state index contributed by atoms with van der Waals surface area (Å²) in [6.45, 7) is 4.26. The second-order valence-electron chi connectivity index (χ2n) is 3.73. The Kier molecular flexibility index (Phi) is 1.56. The van der Waals surface area contributed by atoms with E-state index in [1.165, 1.54) is 11.1 Å². The molecule has 1 aliphatic heterocycles. The second kappa shape index (κ2) is 2.47. The maximum Gasteiger partial charge on any atom is 0.228 e. The molecule has 1 amide bonds. The predicted molar refractivity (Wildman–Crippen MR) is 47.3 cm³/mol. The Labute approximate surface area is 72.3 Å². The molecule has 2 heteroatoms. The monoisotopic (exact) mass is 163 g/mol. The molecule has 12 heavy (non-hydrogen) atoms. The number of carbonyl (C=O) groups excluding carboxylic acids is 1. The van der Waals surface area contributed by atoms with Crippen molar-refractivity contribution in [1.29, 1.82) is 0 Å². The van der Waals surface area contributed by atoms with Gasteiger partial charge in [0.05, 0.1) is 6.42 Å². The van der Waals surface area contributed by atoms with Crippen LogP contribution in [0, 0.1) is 5.92 Å². The molecule has 1 N–H and O–H groups in total. The minimum Gasteiger partial charge on any atom is -0.326 e. The van der Waals surface area contributed by atoms with E-state index < -0.39 is 0 Å². The zero-order chi connectivity index (χ0) is 8.72. The van der Waals surface area contributed by atoms with E-state index in [1.54, 1.807) is 0 Å². The Balaban J connectivity index is 2.33. The molecule has 0 bridgehead atoms. The first kappa shape index (κ1) is 7.59. The molecule has 0 aromatic rings. The van der Waals surface area contributed by atoms with Gasteiger partial charge in [0.15, 0.2) is 0 Å². The standard InChI is InChI=1S/C10H13NO/c1-6-3-7(2)10-8(4-6)5-9(12)11-10/h3,6H,4-5H2,1-2H3,(H,11,12). The fourth-order valence-corrected chi connectivity index (χ4v) is 2.06. The van der Waals surface area contributed by atoms with Crippen LogP contribution in [0.25, 0.3) is 0 Å². The van der Waals surface area contributed by atoms with Crippen molar-refractivity contribution < 1.29 is 4.79 Å². The van der Waals surface area contributed by atoms with Crippen molar-refractivity contribution in [1.82, 2.24) is 5.32 Å². The van der Waals surface area contributed by atoms with Gasteiger partial charge in [-0.1, -0.05) is 13.0 Å². The number of nitrogens with one attached hydrogen (secondary N) is 1. The van der Waals surface area contributed by atoms with Gasteiger partial charge in [-0.2, -0.15) is 0 Å². The van der Waals surface area contributed by atoms with Crippen molar-refractivity contribution in [2.75, 3.05) is 0 Å². The van der Waals surface area contributed by atoms with Crippen molar-refractivity contribution in [2.45, 2.75) is 26.7 Å². The number of hydrogen-bond donors (Lipinski definition) is 1. The fourth-order valence-electron chi connectivity index (χ4n) is 2.06. The zero-order valence-corrected chi connectivity index (χ0v) is 7.48. The summed E-state index contributed by atoms with van der Waals surface area (Å²) in [5.74, 6) is 0.748. The van der Waals surface area contributed by atoms with Gasteiger partial charge >= 0.3 is 0 Å². The summed E-state index contributed by atoms with van der Waals surface area (Å²) in [5, 5.41) is 2.90. The number of allylic oxidation sites excluding steroid dienone is 2. The summed E-state index contributed by atoms with van der Waals surface area (Å²) in [5.41, 5.74) is 3.63. The molecule has 2 aliphatic rings. The van der Waals surface area contributed by atoms with Crippen molar-refractivity contribution in [3.8, 4) is 0 Å². The zero-order valence-electron chi connectivity index (χ0n) is 7.48. The first-order valence-corrected chi connectivity index (χ1v) is 4.37. The molecule has 0 radical (unpaired) electrons. The van der Waals surface area contributed by atoms with E-state index in [0.717, 1.165) is 12.1 Å². The minimum atomic E-state index is 0.154. The molecule has 64 valence electrons.